The number of fused-ring (bicyclic) bond motifs is 1. The minimum atomic E-state index is 0.468. The molecule has 0 saturated heterocycles. The van der Waals surface area contributed by atoms with Crippen LogP contribution in [0.25, 0.3) is 0 Å². The average Bonchev–Trinajstić information content (AvgIpc) is 2.46. The Morgan fingerprint density at radius 2 is 1.90 bits per heavy atom. The molecule has 20 heavy (non-hydrogen) atoms. The van der Waals surface area contributed by atoms with Crippen molar-refractivity contribution >= 4 is 17.3 Å². The van der Waals surface area contributed by atoms with Crippen LogP contribution in [0.2, 0.25) is 5.02 Å². The number of aryl methyl sites for hydroxylation is 1. The molecule has 1 N–H and O–H groups in total. The molecule has 0 unspecified atom stereocenters. The Morgan fingerprint density at radius 1 is 1.05 bits per heavy atom. The van der Waals surface area contributed by atoms with Crippen LogP contribution in [0.15, 0.2) is 42.5 Å². The van der Waals surface area contributed by atoms with E-state index >= 15 is 0 Å². The van der Waals surface area contributed by atoms with Gasteiger partial charge in [-0.15, -0.1) is 0 Å². The maximum Gasteiger partial charge on any atom is 0.120 e. The Labute approximate surface area is 123 Å². The number of benzene rings is 2. The Hall–Kier alpha value is -1.80. The largest absolute Gasteiger partial charge is 0.489 e. The molecule has 0 aromatic heterocycles. The topological polar surface area (TPSA) is 33.1 Å². The van der Waals surface area contributed by atoms with E-state index in [2.05, 4.69) is 12.1 Å². The molecule has 0 amide bonds. The van der Waals surface area contributed by atoms with Crippen LogP contribution in [-0.2, 0) is 19.4 Å². The molecule has 2 aromatic carbocycles. The van der Waals surface area contributed by atoms with E-state index in [4.69, 9.17) is 21.7 Å². The van der Waals surface area contributed by atoms with Gasteiger partial charge in [-0.1, -0.05) is 35.9 Å². The smallest absolute Gasteiger partial charge is 0.120 e. The monoisotopic (exact) mass is 285 g/mol. The first kappa shape index (κ1) is 13.2. The highest BCUT2D eigenvalue weighted by Crippen LogP contribution is 2.25. The van der Waals surface area contributed by atoms with E-state index in [-0.39, 0.29) is 0 Å². The highest BCUT2D eigenvalue weighted by atomic mass is 35.5. The van der Waals surface area contributed by atoms with Gasteiger partial charge in [0.25, 0.3) is 0 Å². The van der Waals surface area contributed by atoms with Crippen molar-refractivity contribution in [1.29, 1.82) is 5.41 Å². The van der Waals surface area contributed by atoms with Crippen molar-refractivity contribution < 1.29 is 4.74 Å². The first-order valence-electron chi connectivity index (χ1n) is 6.76. The van der Waals surface area contributed by atoms with Crippen molar-refractivity contribution in [3.05, 3.63) is 64.2 Å². The molecule has 0 radical (unpaired) electrons. The van der Waals surface area contributed by atoms with Gasteiger partial charge in [-0.25, -0.2) is 0 Å². The van der Waals surface area contributed by atoms with E-state index in [9.17, 15) is 0 Å². The maximum absolute atomic E-state index is 7.80. The summed E-state index contributed by atoms with van der Waals surface area (Å²) >= 11 is 6.12. The van der Waals surface area contributed by atoms with Crippen LogP contribution in [0, 0.1) is 5.41 Å². The molecule has 0 heterocycles. The molecule has 0 spiro atoms. The minimum Gasteiger partial charge on any atom is -0.489 e. The second kappa shape index (κ2) is 5.68. The lowest BCUT2D eigenvalue weighted by atomic mass is 9.90. The second-order valence-corrected chi connectivity index (χ2v) is 5.50. The first-order chi connectivity index (χ1) is 9.72. The standard InChI is InChI=1S/C17H16ClNO/c18-17-4-2-1-3-13(17)11-20-16-8-6-12-5-7-15(19)9-14(12)10-16/h1-4,6,8,10,19H,5,7,9,11H2. The fourth-order valence-corrected chi connectivity index (χ4v) is 2.67. The summed E-state index contributed by atoms with van der Waals surface area (Å²) in [7, 11) is 0. The molecule has 102 valence electrons. The summed E-state index contributed by atoms with van der Waals surface area (Å²) in [5, 5.41) is 8.53. The minimum absolute atomic E-state index is 0.468. The van der Waals surface area contributed by atoms with Gasteiger partial charge in [-0.05, 0) is 42.2 Å². The Kier molecular flexibility index (Phi) is 3.75. The van der Waals surface area contributed by atoms with Gasteiger partial charge in [0.1, 0.15) is 12.4 Å². The van der Waals surface area contributed by atoms with Crippen molar-refractivity contribution in [2.24, 2.45) is 0 Å². The third kappa shape index (κ3) is 2.86. The number of halogens is 1. The summed E-state index contributed by atoms with van der Waals surface area (Å²) in [5.74, 6) is 0.846. The summed E-state index contributed by atoms with van der Waals surface area (Å²) in [6.07, 6.45) is 2.60. The Bertz CT molecular complexity index is 651. The molecule has 0 atom stereocenters. The van der Waals surface area contributed by atoms with Gasteiger partial charge in [0.2, 0.25) is 0 Å². The quantitative estimate of drug-likeness (QED) is 0.889. The molecule has 0 fully saturated rings. The third-order valence-electron chi connectivity index (χ3n) is 3.63. The van der Waals surface area contributed by atoms with Crippen LogP contribution in [0.3, 0.4) is 0 Å². The average molecular weight is 286 g/mol. The predicted molar refractivity (Wildman–Crippen MR) is 82.0 cm³/mol. The van der Waals surface area contributed by atoms with Crippen LogP contribution in [0.5, 0.6) is 5.75 Å². The van der Waals surface area contributed by atoms with Crippen molar-refractivity contribution in [1.82, 2.24) is 0 Å². The fourth-order valence-electron chi connectivity index (χ4n) is 2.48. The number of hydrogen-bond donors (Lipinski definition) is 1. The van der Waals surface area contributed by atoms with Crippen LogP contribution < -0.4 is 4.74 Å². The Balaban J connectivity index is 1.74. The molecule has 3 heteroatoms. The van der Waals surface area contributed by atoms with Crippen molar-refractivity contribution in [2.45, 2.75) is 25.9 Å². The van der Waals surface area contributed by atoms with Crippen LogP contribution in [0.4, 0.5) is 0 Å². The van der Waals surface area contributed by atoms with Gasteiger partial charge in [-0.3, -0.25) is 0 Å². The fraction of sp³-hybridized carbons (Fsp3) is 0.235. The zero-order valence-electron chi connectivity index (χ0n) is 11.2. The summed E-state index contributed by atoms with van der Waals surface area (Å²) < 4.78 is 5.82. The molecule has 1 aliphatic rings. The normalized spacial score (nSPS) is 13.9. The highest BCUT2D eigenvalue weighted by molar-refractivity contribution is 6.31. The predicted octanol–water partition coefficient (Wildman–Crippen LogP) is 4.43. The molecule has 2 nitrogen and oxygen atoms in total. The summed E-state index contributed by atoms with van der Waals surface area (Å²) in [6, 6.07) is 13.9. The van der Waals surface area contributed by atoms with Gasteiger partial charge in [0.05, 0.1) is 0 Å². The number of hydrogen-bond acceptors (Lipinski definition) is 2. The molecule has 3 rings (SSSR count). The van der Waals surface area contributed by atoms with Crippen LogP contribution in [-0.4, -0.2) is 5.71 Å². The van der Waals surface area contributed by atoms with Gasteiger partial charge < -0.3 is 10.1 Å². The summed E-state index contributed by atoms with van der Waals surface area (Å²) in [4.78, 5) is 0. The van der Waals surface area contributed by atoms with Gasteiger partial charge in [0.15, 0.2) is 0 Å². The molecular formula is C17H16ClNO. The third-order valence-corrected chi connectivity index (χ3v) is 4.00. The molecular weight excluding hydrogens is 270 g/mol. The van der Waals surface area contributed by atoms with Gasteiger partial charge in [-0.2, -0.15) is 0 Å². The van der Waals surface area contributed by atoms with Crippen LogP contribution >= 0.6 is 11.6 Å². The van der Waals surface area contributed by atoms with E-state index in [1.165, 1.54) is 11.1 Å². The van der Waals surface area contributed by atoms with Crippen molar-refractivity contribution in [3.8, 4) is 5.75 Å². The zero-order valence-corrected chi connectivity index (χ0v) is 11.9. The van der Waals surface area contributed by atoms with Gasteiger partial charge >= 0.3 is 0 Å². The van der Waals surface area contributed by atoms with E-state index in [0.29, 0.717) is 6.61 Å². The first-order valence-corrected chi connectivity index (χ1v) is 7.14. The molecule has 0 bridgehead atoms. The second-order valence-electron chi connectivity index (χ2n) is 5.09. The SMILES string of the molecule is N=C1CCc2ccc(OCc3ccccc3Cl)cc2C1. The van der Waals surface area contributed by atoms with E-state index in [1.54, 1.807) is 0 Å². The maximum atomic E-state index is 7.80. The van der Waals surface area contributed by atoms with E-state index in [1.807, 2.05) is 30.3 Å². The van der Waals surface area contributed by atoms with E-state index in [0.717, 1.165) is 41.3 Å². The van der Waals surface area contributed by atoms with Crippen molar-refractivity contribution in [2.75, 3.05) is 0 Å². The number of rotatable bonds is 3. The number of nitrogens with one attached hydrogen (secondary N) is 1. The lowest BCUT2D eigenvalue weighted by molar-refractivity contribution is 0.306. The Morgan fingerprint density at radius 3 is 2.75 bits per heavy atom. The summed E-state index contributed by atoms with van der Waals surface area (Å²) in [5.41, 5.74) is 4.35. The van der Waals surface area contributed by atoms with Crippen molar-refractivity contribution in [3.63, 3.8) is 0 Å². The molecule has 0 aliphatic heterocycles. The van der Waals surface area contributed by atoms with E-state index < -0.39 is 0 Å². The highest BCUT2D eigenvalue weighted by Gasteiger charge is 2.13. The number of ether oxygens (including phenoxy) is 1. The molecule has 0 saturated carbocycles. The lowest BCUT2D eigenvalue weighted by Crippen LogP contribution is -2.12. The molecule has 1 aliphatic carbocycles. The zero-order chi connectivity index (χ0) is 13.9. The van der Waals surface area contributed by atoms with Crippen LogP contribution in [0.1, 0.15) is 23.1 Å². The summed E-state index contributed by atoms with van der Waals surface area (Å²) in [6.45, 7) is 0.468. The molecule has 2 aromatic rings. The lowest BCUT2D eigenvalue weighted by Gasteiger charge is -2.18. The van der Waals surface area contributed by atoms with Gasteiger partial charge in [0, 0.05) is 22.7 Å².